The van der Waals surface area contributed by atoms with Crippen molar-refractivity contribution in [2.45, 2.75) is 50.6 Å². The number of anilines is 3. The van der Waals surface area contributed by atoms with Crippen LogP contribution in [0.25, 0.3) is 0 Å². The van der Waals surface area contributed by atoms with E-state index in [0.717, 1.165) is 49.7 Å². The summed E-state index contributed by atoms with van der Waals surface area (Å²) in [4.78, 5) is 28.8. The van der Waals surface area contributed by atoms with Crippen LogP contribution in [0.15, 0.2) is 0 Å². The largest absolute Gasteiger partial charge is 0.490 e. The van der Waals surface area contributed by atoms with Crippen LogP contribution < -0.4 is 26.0 Å². The van der Waals surface area contributed by atoms with Gasteiger partial charge in [0.15, 0.2) is 11.6 Å². The Morgan fingerprint density at radius 1 is 1.14 bits per heavy atom. The fourth-order valence-electron chi connectivity index (χ4n) is 2.96. The summed E-state index contributed by atoms with van der Waals surface area (Å²) in [6, 6.07) is 0.857. The van der Waals surface area contributed by atoms with E-state index in [0.29, 0.717) is 24.6 Å². The van der Waals surface area contributed by atoms with E-state index >= 15 is 0 Å². The molecule has 0 aromatic carbocycles. The number of alkyl halides is 6. The molecule has 3 rings (SSSR count). The van der Waals surface area contributed by atoms with Crippen LogP contribution in [0.5, 0.6) is 5.75 Å². The molecule has 11 nitrogen and oxygen atoms in total. The molecule has 1 saturated heterocycles. The van der Waals surface area contributed by atoms with Crippen LogP contribution in [0, 0.1) is 0 Å². The molecule has 17 heteroatoms. The highest BCUT2D eigenvalue weighted by molar-refractivity contribution is 5.73. The summed E-state index contributed by atoms with van der Waals surface area (Å²) in [5.74, 6) is -2.92. The van der Waals surface area contributed by atoms with Gasteiger partial charge in [-0.05, 0) is 19.9 Å². The number of nitrogens with one attached hydrogen (secondary N) is 2. The number of hydrogen-bond acceptors (Lipinski definition) is 9. The Bertz CT molecular complexity index is 846. The Labute approximate surface area is 195 Å². The highest BCUT2D eigenvalue weighted by atomic mass is 19.4. The first-order valence-corrected chi connectivity index (χ1v) is 10.2. The van der Waals surface area contributed by atoms with E-state index in [1.165, 1.54) is 0 Å². The summed E-state index contributed by atoms with van der Waals surface area (Å²) < 4.78 is 69.4. The quantitative estimate of drug-likeness (QED) is 0.371. The van der Waals surface area contributed by atoms with E-state index in [9.17, 15) is 26.3 Å². The molecule has 1 aromatic rings. The van der Waals surface area contributed by atoms with Gasteiger partial charge < -0.3 is 36.2 Å². The summed E-state index contributed by atoms with van der Waals surface area (Å²) in [6.07, 6.45) is -7.07. The Hall–Kier alpha value is -3.24. The Balaban J connectivity index is 0.000000362. The smallest absolute Gasteiger partial charge is 0.486 e. The van der Waals surface area contributed by atoms with Crippen molar-refractivity contribution in [2.75, 3.05) is 42.7 Å². The average Bonchev–Trinajstić information content (AvgIpc) is 3.13. The fraction of sp³-hybridized carbons (Fsp3) is 0.667. The molecule has 2 aliphatic rings. The normalized spacial score (nSPS) is 19.5. The van der Waals surface area contributed by atoms with E-state index < -0.39 is 24.3 Å². The minimum Gasteiger partial charge on any atom is -0.486 e. The standard InChI is InChI=1S/C14H24N6O.2C2HF3O2/c1-3-9-5-7-21-11-12(17-9)18-14(15)19-13(11)20-6-4-10(8-20)16-2;2*3-2(4,5)1(6)7/h9-10,16H,3-8H2,1-2H3,(H3,15,17,18,19);2*(H,6,7)/t9-,10-;;/m1../s1. The molecule has 0 unspecified atom stereocenters. The zero-order valence-corrected chi connectivity index (χ0v) is 18.7. The van der Waals surface area contributed by atoms with Crippen LogP contribution in [0.3, 0.4) is 0 Å². The van der Waals surface area contributed by atoms with Crippen LogP contribution >= 0.6 is 0 Å². The zero-order chi connectivity index (χ0) is 27.0. The SMILES string of the molecule is CC[C@@H]1CCOc2c(nc(N)nc2N2CC[C@@H](NC)C2)N1.O=C(O)C(F)(F)F.O=C(O)C(F)(F)F. The number of aromatic nitrogens is 2. The van der Waals surface area contributed by atoms with Gasteiger partial charge in [0, 0.05) is 31.6 Å². The first-order chi connectivity index (χ1) is 16.1. The number of carboxylic acid groups (broad SMARTS) is 2. The Morgan fingerprint density at radius 3 is 2.11 bits per heavy atom. The molecule has 0 saturated carbocycles. The van der Waals surface area contributed by atoms with Crippen LogP contribution in [0.4, 0.5) is 43.9 Å². The summed E-state index contributed by atoms with van der Waals surface area (Å²) >= 11 is 0. The molecule has 0 bridgehead atoms. The summed E-state index contributed by atoms with van der Waals surface area (Å²) in [6.45, 7) is 4.71. The summed E-state index contributed by atoms with van der Waals surface area (Å²) in [5, 5.41) is 21.0. The van der Waals surface area contributed by atoms with Crippen molar-refractivity contribution >= 4 is 29.5 Å². The first-order valence-electron chi connectivity index (χ1n) is 10.2. The van der Waals surface area contributed by atoms with Crippen molar-refractivity contribution < 1.29 is 50.9 Å². The number of carboxylic acids is 2. The van der Waals surface area contributed by atoms with E-state index in [2.05, 4.69) is 32.4 Å². The van der Waals surface area contributed by atoms with Crippen molar-refractivity contribution in [3.05, 3.63) is 0 Å². The molecule has 200 valence electrons. The van der Waals surface area contributed by atoms with Gasteiger partial charge in [-0.1, -0.05) is 6.92 Å². The number of aliphatic carboxylic acids is 2. The van der Waals surface area contributed by atoms with Crippen LogP contribution in [0.2, 0.25) is 0 Å². The maximum Gasteiger partial charge on any atom is 0.490 e. The lowest BCUT2D eigenvalue weighted by atomic mass is 10.2. The fourth-order valence-corrected chi connectivity index (χ4v) is 2.96. The van der Waals surface area contributed by atoms with Gasteiger partial charge in [0.1, 0.15) is 0 Å². The Kier molecular flexibility index (Phi) is 10.6. The maximum absolute atomic E-state index is 10.6. The number of rotatable bonds is 3. The average molecular weight is 520 g/mol. The number of nitrogens with zero attached hydrogens (tertiary/aromatic N) is 3. The molecular formula is C18H26F6N6O5. The second-order valence-electron chi connectivity index (χ2n) is 7.30. The van der Waals surface area contributed by atoms with Crippen molar-refractivity contribution in [2.24, 2.45) is 0 Å². The molecule has 0 aliphatic carbocycles. The van der Waals surface area contributed by atoms with Crippen LogP contribution in [-0.4, -0.2) is 83.3 Å². The summed E-state index contributed by atoms with van der Waals surface area (Å²) in [7, 11) is 1.99. The highest BCUT2D eigenvalue weighted by Gasteiger charge is 2.39. The molecule has 0 radical (unpaired) electrons. The van der Waals surface area contributed by atoms with Gasteiger partial charge in [0.05, 0.1) is 6.61 Å². The van der Waals surface area contributed by atoms with Crippen molar-refractivity contribution in [3.8, 4) is 5.75 Å². The number of halogens is 6. The lowest BCUT2D eigenvalue weighted by Gasteiger charge is -2.22. The molecule has 35 heavy (non-hydrogen) atoms. The van der Waals surface area contributed by atoms with Gasteiger partial charge in [-0.15, -0.1) is 0 Å². The van der Waals surface area contributed by atoms with Gasteiger partial charge >= 0.3 is 24.3 Å². The number of nitrogen functional groups attached to an aromatic ring is 1. The molecule has 1 fully saturated rings. The van der Waals surface area contributed by atoms with E-state index in [1.54, 1.807) is 0 Å². The number of nitrogens with two attached hydrogens (primary N) is 1. The predicted octanol–water partition coefficient (Wildman–Crippen LogP) is 2.10. The summed E-state index contributed by atoms with van der Waals surface area (Å²) in [5.41, 5.74) is 5.90. The predicted molar refractivity (Wildman–Crippen MR) is 111 cm³/mol. The van der Waals surface area contributed by atoms with Crippen LogP contribution in [-0.2, 0) is 9.59 Å². The van der Waals surface area contributed by atoms with Gasteiger partial charge in [-0.3, -0.25) is 0 Å². The zero-order valence-electron chi connectivity index (χ0n) is 18.7. The molecular weight excluding hydrogens is 494 g/mol. The molecule has 0 spiro atoms. The molecule has 1 aromatic heterocycles. The van der Waals surface area contributed by atoms with Crippen molar-refractivity contribution in [1.82, 2.24) is 15.3 Å². The maximum atomic E-state index is 10.6. The van der Waals surface area contributed by atoms with Gasteiger partial charge in [-0.2, -0.15) is 36.3 Å². The van der Waals surface area contributed by atoms with Gasteiger partial charge in [-0.25, -0.2) is 9.59 Å². The first kappa shape index (κ1) is 29.8. The lowest BCUT2D eigenvalue weighted by Crippen LogP contribution is -2.30. The third kappa shape index (κ3) is 9.50. The highest BCUT2D eigenvalue weighted by Crippen LogP contribution is 2.37. The Morgan fingerprint density at radius 2 is 1.69 bits per heavy atom. The second-order valence-corrected chi connectivity index (χ2v) is 7.30. The van der Waals surface area contributed by atoms with E-state index in [4.69, 9.17) is 30.3 Å². The molecule has 0 amide bonds. The number of ether oxygens (including phenoxy) is 1. The number of carbonyl (C=O) groups is 2. The minimum atomic E-state index is -5.08. The molecule has 3 heterocycles. The van der Waals surface area contributed by atoms with Crippen molar-refractivity contribution in [3.63, 3.8) is 0 Å². The van der Waals surface area contributed by atoms with E-state index in [1.807, 2.05) is 7.05 Å². The van der Waals surface area contributed by atoms with Gasteiger partial charge in [0.25, 0.3) is 0 Å². The van der Waals surface area contributed by atoms with Gasteiger partial charge in [0.2, 0.25) is 11.7 Å². The third-order valence-corrected chi connectivity index (χ3v) is 4.79. The van der Waals surface area contributed by atoms with Crippen molar-refractivity contribution in [1.29, 1.82) is 0 Å². The number of likely N-dealkylation sites (N-methyl/N-ethyl adjacent to an activating group) is 1. The van der Waals surface area contributed by atoms with E-state index in [-0.39, 0.29) is 0 Å². The monoisotopic (exact) mass is 520 g/mol. The number of fused-ring (bicyclic) bond motifs is 1. The van der Waals surface area contributed by atoms with Crippen LogP contribution in [0.1, 0.15) is 26.2 Å². The minimum absolute atomic E-state index is 0.296. The topological polar surface area (TPSA) is 163 Å². The molecule has 2 aliphatic heterocycles. The number of hydrogen-bond donors (Lipinski definition) is 5. The third-order valence-electron chi connectivity index (χ3n) is 4.79. The molecule has 6 N–H and O–H groups in total. The molecule has 2 atom stereocenters. The lowest BCUT2D eigenvalue weighted by molar-refractivity contribution is -0.193. The second kappa shape index (κ2) is 12.5.